The van der Waals surface area contributed by atoms with E-state index in [9.17, 15) is 13.0 Å². The Kier molecular flexibility index (Phi) is 6.99. The van der Waals surface area contributed by atoms with Crippen molar-refractivity contribution in [1.82, 2.24) is 14.9 Å². The average molecular weight is 443 g/mol. The van der Waals surface area contributed by atoms with Crippen molar-refractivity contribution >= 4 is 16.7 Å². The van der Waals surface area contributed by atoms with Gasteiger partial charge < -0.3 is 4.90 Å². The molecule has 0 aliphatic carbocycles. The van der Waals surface area contributed by atoms with Crippen molar-refractivity contribution in [3.8, 4) is 0 Å². The summed E-state index contributed by atoms with van der Waals surface area (Å²) in [4.78, 5) is 13.0. The second kappa shape index (κ2) is 10.1. The number of halogens is 2. The molecule has 1 unspecified atom stereocenters. The van der Waals surface area contributed by atoms with Crippen LogP contribution in [0.25, 0.3) is 0 Å². The second-order valence-corrected chi connectivity index (χ2v) is 9.09. The molecule has 5 nitrogen and oxygen atoms in total. The summed E-state index contributed by atoms with van der Waals surface area (Å²) in [7, 11) is -1.24. The molecule has 3 aromatic rings. The van der Waals surface area contributed by atoms with Crippen LogP contribution in [0.5, 0.6) is 0 Å². The number of rotatable bonds is 7. The first-order valence-electron chi connectivity index (χ1n) is 10.2. The maximum Gasteiger partial charge on any atom is 0.225 e. The summed E-state index contributed by atoms with van der Waals surface area (Å²) in [6, 6.07) is 13.9. The van der Waals surface area contributed by atoms with Crippen molar-refractivity contribution in [1.29, 1.82) is 0 Å². The molecule has 4 rings (SSSR count). The zero-order valence-corrected chi connectivity index (χ0v) is 17.8. The molecule has 1 saturated heterocycles. The minimum absolute atomic E-state index is 0.340. The third-order valence-corrected chi connectivity index (χ3v) is 7.08. The predicted octanol–water partition coefficient (Wildman–Crippen LogP) is 3.42. The van der Waals surface area contributed by atoms with Crippen molar-refractivity contribution in [2.75, 3.05) is 43.4 Å². The first-order valence-corrected chi connectivity index (χ1v) is 11.6. The van der Waals surface area contributed by atoms with Gasteiger partial charge in [-0.1, -0.05) is 24.3 Å². The maximum absolute atomic E-state index is 13.4. The van der Waals surface area contributed by atoms with Crippen LogP contribution >= 0.6 is 0 Å². The number of aromatic nitrogens is 2. The average Bonchev–Trinajstić information content (AvgIpc) is 2.81. The number of hydrogen-bond acceptors (Lipinski definition) is 5. The highest BCUT2D eigenvalue weighted by molar-refractivity contribution is 7.85. The molecule has 1 fully saturated rings. The van der Waals surface area contributed by atoms with Crippen molar-refractivity contribution in [2.24, 2.45) is 0 Å². The normalized spacial score (nSPS) is 15.9. The van der Waals surface area contributed by atoms with E-state index in [1.807, 2.05) is 0 Å². The van der Waals surface area contributed by atoms with Crippen molar-refractivity contribution in [2.45, 2.75) is 5.25 Å². The highest BCUT2D eigenvalue weighted by Gasteiger charge is 2.24. The zero-order valence-electron chi connectivity index (χ0n) is 17.0. The fraction of sp³-hybridized carbons (Fsp3) is 0.304. The van der Waals surface area contributed by atoms with Gasteiger partial charge in [-0.05, 0) is 41.5 Å². The number of anilines is 1. The van der Waals surface area contributed by atoms with Gasteiger partial charge in [0.15, 0.2) is 0 Å². The Labute approximate surface area is 183 Å². The molecule has 162 valence electrons. The first kappa shape index (κ1) is 21.5. The maximum atomic E-state index is 13.4. The van der Waals surface area contributed by atoms with Crippen molar-refractivity contribution in [3.63, 3.8) is 0 Å². The summed E-state index contributed by atoms with van der Waals surface area (Å²) in [5.74, 6) is 0.528. The van der Waals surface area contributed by atoms with Crippen LogP contribution in [0.2, 0.25) is 0 Å². The quantitative estimate of drug-likeness (QED) is 0.561. The van der Waals surface area contributed by atoms with Gasteiger partial charge in [0.25, 0.3) is 0 Å². The zero-order chi connectivity index (χ0) is 21.6. The summed E-state index contributed by atoms with van der Waals surface area (Å²) >= 11 is 0. The standard InChI is InChI=1S/C23H24F2N4OS/c24-20-6-2-18(3-7-20)22(19-4-8-21(25)9-5-19)31(30)17-16-28-12-14-29(15-13-28)23-26-10-1-11-27-23/h1-11,22H,12-17H2. The van der Waals surface area contributed by atoms with E-state index in [2.05, 4.69) is 19.8 Å². The molecule has 1 atom stereocenters. The Morgan fingerprint density at radius 2 is 1.35 bits per heavy atom. The predicted molar refractivity (Wildman–Crippen MR) is 118 cm³/mol. The van der Waals surface area contributed by atoms with Crippen LogP contribution in [0.1, 0.15) is 16.4 Å². The van der Waals surface area contributed by atoms with Crippen LogP contribution < -0.4 is 4.90 Å². The molecular formula is C23H24F2N4OS. The van der Waals surface area contributed by atoms with Crippen LogP contribution in [0.3, 0.4) is 0 Å². The molecule has 2 aromatic carbocycles. The molecule has 0 saturated carbocycles. The van der Waals surface area contributed by atoms with Crippen LogP contribution in [-0.4, -0.2) is 57.6 Å². The highest BCUT2D eigenvalue weighted by Crippen LogP contribution is 2.29. The summed E-state index contributed by atoms with van der Waals surface area (Å²) < 4.78 is 40.1. The summed E-state index contributed by atoms with van der Waals surface area (Å²) in [6.07, 6.45) is 3.48. The van der Waals surface area contributed by atoms with Crippen LogP contribution in [0, 0.1) is 11.6 Å². The van der Waals surface area contributed by atoms with E-state index in [-0.39, 0.29) is 11.6 Å². The Bertz CT molecular complexity index is 949. The lowest BCUT2D eigenvalue weighted by Gasteiger charge is -2.34. The topological polar surface area (TPSA) is 49.3 Å². The third kappa shape index (κ3) is 5.51. The molecule has 0 amide bonds. The van der Waals surface area contributed by atoms with Gasteiger partial charge in [-0.15, -0.1) is 0 Å². The lowest BCUT2D eigenvalue weighted by atomic mass is 10.0. The Balaban J connectivity index is 1.40. The fourth-order valence-electron chi connectivity index (χ4n) is 3.73. The van der Waals surface area contributed by atoms with Crippen LogP contribution in [0.15, 0.2) is 67.0 Å². The number of nitrogens with zero attached hydrogens (tertiary/aromatic N) is 4. The Morgan fingerprint density at radius 3 is 1.87 bits per heavy atom. The minimum Gasteiger partial charge on any atom is -0.338 e. The van der Waals surface area contributed by atoms with Gasteiger partial charge in [-0.2, -0.15) is 0 Å². The van der Waals surface area contributed by atoms with E-state index in [4.69, 9.17) is 0 Å². The summed E-state index contributed by atoms with van der Waals surface area (Å²) in [5.41, 5.74) is 1.52. The smallest absolute Gasteiger partial charge is 0.225 e. The monoisotopic (exact) mass is 442 g/mol. The molecule has 1 aliphatic rings. The second-order valence-electron chi connectivity index (χ2n) is 7.45. The van der Waals surface area contributed by atoms with E-state index in [1.165, 1.54) is 24.3 Å². The summed E-state index contributed by atoms with van der Waals surface area (Å²) in [6.45, 7) is 4.00. The van der Waals surface area contributed by atoms with E-state index in [0.29, 0.717) is 12.3 Å². The van der Waals surface area contributed by atoms with Gasteiger partial charge in [0.2, 0.25) is 5.95 Å². The third-order valence-electron chi connectivity index (χ3n) is 5.42. The minimum atomic E-state index is -1.24. The van der Waals surface area contributed by atoms with Crippen LogP contribution in [-0.2, 0) is 10.8 Å². The lowest BCUT2D eigenvalue weighted by Crippen LogP contribution is -2.48. The first-order chi connectivity index (χ1) is 15.1. The van der Waals surface area contributed by atoms with Crippen molar-refractivity contribution < 1.29 is 13.0 Å². The number of benzene rings is 2. The molecule has 0 spiro atoms. The fourth-order valence-corrected chi connectivity index (χ4v) is 5.33. The van der Waals surface area contributed by atoms with E-state index in [1.54, 1.807) is 42.7 Å². The molecule has 2 heterocycles. The van der Waals surface area contributed by atoms with Gasteiger partial charge in [-0.3, -0.25) is 9.11 Å². The number of piperazine rings is 1. The molecule has 1 aliphatic heterocycles. The summed E-state index contributed by atoms with van der Waals surface area (Å²) in [5, 5.41) is -0.430. The largest absolute Gasteiger partial charge is 0.338 e. The van der Waals surface area contributed by atoms with Gasteiger partial charge in [-0.25, -0.2) is 18.7 Å². The van der Waals surface area contributed by atoms with Crippen LogP contribution in [0.4, 0.5) is 14.7 Å². The Hall–Kier alpha value is -2.71. The molecule has 1 aromatic heterocycles. The van der Waals surface area contributed by atoms with Gasteiger partial charge >= 0.3 is 0 Å². The van der Waals surface area contributed by atoms with Gasteiger partial charge in [0.1, 0.15) is 11.6 Å². The number of hydrogen-bond donors (Lipinski definition) is 0. The van der Waals surface area contributed by atoms with Gasteiger partial charge in [0, 0.05) is 61.7 Å². The molecule has 0 radical (unpaired) electrons. The molecule has 0 N–H and O–H groups in total. The molecule has 31 heavy (non-hydrogen) atoms. The lowest BCUT2D eigenvalue weighted by molar-refractivity contribution is 0.271. The van der Waals surface area contributed by atoms with E-state index in [0.717, 1.165) is 43.3 Å². The highest BCUT2D eigenvalue weighted by atomic mass is 32.2. The SMILES string of the molecule is O=S(CCN1CCN(c2ncccn2)CC1)C(c1ccc(F)cc1)c1ccc(F)cc1. The van der Waals surface area contributed by atoms with Gasteiger partial charge in [0.05, 0.1) is 5.25 Å². The van der Waals surface area contributed by atoms with E-state index >= 15 is 0 Å². The molecule has 8 heteroatoms. The molecular weight excluding hydrogens is 418 g/mol. The van der Waals surface area contributed by atoms with Crippen molar-refractivity contribution in [3.05, 3.63) is 89.8 Å². The Morgan fingerprint density at radius 1 is 0.839 bits per heavy atom. The molecule has 0 bridgehead atoms. The van der Waals surface area contributed by atoms with E-state index < -0.39 is 16.0 Å².